The maximum Gasteiger partial charge on any atom is 0.244 e. The fourth-order valence-electron chi connectivity index (χ4n) is 2.27. The summed E-state index contributed by atoms with van der Waals surface area (Å²) in [5.41, 5.74) is 1.55. The fraction of sp³-hybridized carbons (Fsp3) is 0.167. The summed E-state index contributed by atoms with van der Waals surface area (Å²) >= 11 is 0. The molecular weight excluding hydrogens is 324 g/mol. The van der Waals surface area contributed by atoms with Crippen molar-refractivity contribution in [3.05, 3.63) is 77.5 Å². The Kier molecular flexibility index (Phi) is 5.46. The van der Waals surface area contributed by atoms with Crippen molar-refractivity contribution in [1.29, 1.82) is 0 Å². The van der Waals surface area contributed by atoms with Crippen LogP contribution in [0.1, 0.15) is 11.1 Å². The van der Waals surface area contributed by atoms with Gasteiger partial charge in [-0.3, -0.25) is 0 Å². The van der Waals surface area contributed by atoms with Gasteiger partial charge in [-0.05, 0) is 35.7 Å². The average Bonchev–Trinajstić information content (AvgIpc) is 2.63. The molecule has 0 bridgehead atoms. The lowest BCUT2D eigenvalue weighted by molar-refractivity contribution is 0.610. The molecule has 1 aromatic heterocycles. The van der Waals surface area contributed by atoms with Crippen LogP contribution in [0.25, 0.3) is 0 Å². The Morgan fingerprint density at radius 1 is 0.920 bits per heavy atom. The number of halogens is 2. The molecule has 0 saturated carbocycles. The average molecular weight is 341 g/mol. The molecule has 128 valence electrons. The van der Waals surface area contributed by atoms with Crippen molar-refractivity contribution in [2.75, 3.05) is 17.2 Å². The van der Waals surface area contributed by atoms with Crippen LogP contribution in [0.5, 0.6) is 0 Å². The Bertz CT molecular complexity index is 824. The fourth-order valence-corrected chi connectivity index (χ4v) is 2.27. The Morgan fingerprint density at radius 3 is 2.52 bits per heavy atom. The van der Waals surface area contributed by atoms with E-state index in [4.69, 9.17) is 0 Å². The monoisotopic (exact) mass is 341 g/mol. The summed E-state index contributed by atoms with van der Waals surface area (Å²) in [6.45, 7) is 0.984. The van der Waals surface area contributed by atoms with Gasteiger partial charge in [0.1, 0.15) is 11.6 Å². The molecule has 0 fully saturated rings. The highest BCUT2D eigenvalue weighted by Gasteiger charge is 2.03. The molecule has 0 atom stereocenters. The number of benzene rings is 2. The van der Waals surface area contributed by atoms with Crippen LogP contribution in [0, 0.1) is 11.6 Å². The second kappa shape index (κ2) is 8.14. The quantitative estimate of drug-likeness (QED) is 0.689. The molecule has 3 rings (SSSR count). The van der Waals surface area contributed by atoms with Crippen molar-refractivity contribution >= 4 is 11.8 Å². The highest BCUT2D eigenvalue weighted by atomic mass is 19.1. The van der Waals surface area contributed by atoms with Gasteiger partial charge in [0.05, 0.1) is 6.20 Å². The van der Waals surface area contributed by atoms with Crippen molar-refractivity contribution < 1.29 is 8.78 Å². The summed E-state index contributed by atoms with van der Waals surface area (Å²) < 4.78 is 26.4. The largest absolute Gasteiger partial charge is 0.368 e. The van der Waals surface area contributed by atoms with E-state index in [1.54, 1.807) is 24.3 Å². The minimum absolute atomic E-state index is 0.216. The first-order valence-electron chi connectivity index (χ1n) is 7.86. The number of nitrogens with zero attached hydrogens (tertiary/aromatic N) is 3. The van der Waals surface area contributed by atoms with E-state index in [-0.39, 0.29) is 11.6 Å². The van der Waals surface area contributed by atoms with Crippen molar-refractivity contribution in [1.82, 2.24) is 15.2 Å². The molecule has 0 amide bonds. The van der Waals surface area contributed by atoms with E-state index in [9.17, 15) is 8.78 Å². The molecular formula is C18H17F2N5. The molecule has 25 heavy (non-hydrogen) atoms. The van der Waals surface area contributed by atoms with E-state index >= 15 is 0 Å². The predicted molar refractivity (Wildman–Crippen MR) is 92.1 cm³/mol. The van der Waals surface area contributed by atoms with E-state index in [2.05, 4.69) is 25.8 Å². The molecule has 2 aromatic carbocycles. The Morgan fingerprint density at radius 2 is 1.72 bits per heavy atom. The van der Waals surface area contributed by atoms with Crippen LogP contribution < -0.4 is 10.6 Å². The lowest BCUT2D eigenvalue weighted by atomic mass is 10.1. The van der Waals surface area contributed by atoms with Crippen LogP contribution >= 0.6 is 0 Å². The van der Waals surface area contributed by atoms with E-state index in [0.29, 0.717) is 36.8 Å². The van der Waals surface area contributed by atoms with Gasteiger partial charge in [-0.15, -0.1) is 5.10 Å². The molecule has 5 nitrogen and oxygen atoms in total. The topological polar surface area (TPSA) is 62.7 Å². The van der Waals surface area contributed by atoms with E-state index < -0.39 is 0 Å². The van der Waals surface area contributed by atoms with Gasteiger partial charge in [0.15, 0.2) is 5.82 Å². The molecule has 0 saturated heterocycles. The van der Waals surface area contributed by atoms with Crippen molar-refractivity contribution in [3.8, 4) is 0 Å². The summed E-state index contributed by atoms with van der Waals surface area (Å²) in [6.07, 6.45) is 2.04. The van der Waals surface area contributed by atoms with Crippen LogP contribution in [0.4, 0.5) is 20.5 Å². The summed E-state index contributed by atoms with van der Waals surface area (Å²) in [4.78, 5) is 4.30. The number of anilines is 2. The maximum absolute atomic E-state index is 13.6. The molecule has 2 N–H and O–H groups in total. The minimum atomic E-state index is -0.275. The number of aromatic nitrogens is 3. The third-order valence-electron chi connectivity index (χ3n) is 3.58. The number of hydrogen-bond donors (Lipinski definition) is 2. The zero-order valence-corrected chi connectivity index (χ0v) is 13.4. The van der Waals surface area contributed by atoms with Gasteiger partial charge in [-0.2, -0.15) is 10.1 Å². The van der Waals surface area contributed by atoms with Crippen LogP contribution in [0.2, 0.25) is 0 Å². The standard InChI is InChI=1S/C18H17F2N5/c19-15-7-5-13(6-8-15)11-22-18-24-17(12-23-25-18)21-10-9-14-3-1-2-4-16(14)20/h1-8,12H,9-11H2,(H2,21,22,24,25). The maximum atomic E-state index is 13.6. The SMILES string of the molecule is Fc1ccc(CNc2nncc(NCCc3ccccc3F)n2)cc1. The number of rotatable bonds is 7. The first-order chi connectivity index (χ1) is 12.2. The molecule has 1 heterocycles. The zero-order valence-electron chi connectivity index (χ0n) is 13.4. The van der Waals surface area contributed by atoms with E-state index in [1.165, 1.54) is 24.4 Å². The second-order valence-corrected chi connectivity index (χ2v) is 5.41. The molecule has 0 aliphatic carbocycles. The Labute approximate surface area is 144 Å². The van der Waals surface area contributed by atoms with Gasteiger partial charge < -0.3 is 10.6 Å². The van der Waals surface area contributed by atoms with Gasteiger partial charge in [0.2, 0.25) is 5.95 Å². The third kappa shape index (κ3) is 4.94. The van der Waals surface area contributed by atoms with E-state index in [1.807, 2.05) is 6.07 Å². The van der Waals surface area contributed by atoms with Gasteiger partial charge >= 0.3 is 0 Å². The molecule has 0 radical (unpaired) electrons. The van der Waals surface area contributed by atoms with Crippen LogP contribution in [0.3, 0.4) is 0 Å². The molecule has 7 heteroatoms. The lowest BCUT2D eigenvalue weighted by Gasteiger charge is -2.08. The summed E-state index contributed by atoms with van der Waals surface area (Å²) in [7, 11) is 0. The molecule has 0 aliphatic heterocycles. The normalized spacial score (nSPS) is 10.5. The molecule has 0 unspecified atom stereocenters. The first kappa shape index (κ1) is 16.8. The Hall–Kier alpha value is -3.09. The Balaban J connectivity index is 1.52. The van der Waals surface area contributed by atoms with Gasteiger partial charge in [-0.1, -0.05) is 30.3 Å². The van der Waals surface area contributed by atoms with Gasteiger partial charge in [-0.25, -0.2) is 8.78 Å². The number of hydrogen-bond acceptors (Lipinski definition) is 5. The summed E-state index contributed by atoms with van der Waals surface area (Å²) in [5.74, 6) is 0.419. The molecule has 0 aliphatic rings. The summed E-state index contributed by atoms with van der Waals surface area (Å²) in [6, 6.07) is 12.8. The highest BCUT2D eigenvalue weighted by Crippen LogP contribution is 2.09. The number of nitrogens with one attached hydrogen (secondary N) is 2. The first-order valence-corrected chi connectivity index (χ1v) is 7.86. The summed E-state index contributed by atoms with van der Waals surface area (Å²) in [5, 5.41) is 13.9. The minimum Gasteiger partial charge on any atom is -0.368 e. The van der Waals surface area contributed by atoms with E-state index in [0.717, 1.165) is 5.56 Å². The zero-order chi connectivity index (χ0) is 17.5. The molecule has 0 spiro atoms. The van der Waals surface area contributed by atoms with Crippen LogP contribution in [0.15, 0.2) is 54.7 Å². The van der Waals surface area contributed by atoms with Gasteiger partial charge in [0.25, 0.3) is 0 Å². The van der Waals surface area contributed by atoms with Crippen molar-refractivity contribution in [3.63, 3.8) is 0 Å². The molecule has 3 aromatic rings. The van der Waals surface area contributed by atoms with Crippen LogP contribution in [-0.2, 0) is 13.0 Å². The smallest absolute Gasteiger partial charge is 0.244 e. The van der Waals surface area contributed by atoms with Crippen molar-refractivity contribution in [2.24, 2.45) is 0 Å². The van der Waals surface area contributed by atoms with Gasteiger partial charge in [0, 0.05) is 13.1 Å². The lowest BCUT2D eigenvalue weighted by Crippen LogP contribution is -2.10. The highest BCUT2D eigenvalue weighted by molar-refractivity contribution is 5.37. The predicted octanol–water partition coefficient (Wildman–Crippen LogP) is 3.42. The van der Waals surface area contributed by atoms with Crippen molar-refractivity contribution in [2.45, 2.75) is 13.0 Å². The second-order valence-electron chi connectivity index (χ2n) is 5.41. The van der Waals surface area contributed by atoms with Crippen LogP contribution in [-0.4, -0.2) is 21.7 Å². The third-order valence-corrected chi connectivity index (χ3v) is 3.58.